The lowest BCUT2D eigenvalue weighted by Crippen LogP contribution is -2.41. The summed E-state index contributed by atoms with van der Waals surface area (Å²) in [6.45, 7) is 2.73. The molecule has 0 bridgehead atoms. The zero-order valence-electron chi connectivity index (χ0n) is 14.0. The number of aromatic nitrogens is 1. The van der Waals surface area contributed by atoms with E-state index in [1.807, 2.05) is 24.4 Å². The number of hydrogen-bond acceptors (Lipinski definition) is 6. The van der Waals surface area contributed by atoms with Gasteiger partial charge in [-0.15, -0.1) is 22.7 Å². The lowest BCUT2D eigenvalue weighted by Gasteiger charge is -2.19. The molecule has 2 amide bonds. The van der Waals surface area contributed by atoms with E-state index in [1.165, 1.54) is 11.3 Å². The maximum absolute atomic E-state index is 12.1. The third-order valence-corrected chi connectivity index (χ3v) is 5.65. The first-order chi connectivity index (χ1) is 12.1. The Morgan fingerprint density at radius 3 is 2.96 bits per heavy atom. The van der Waals surface area contributed by atoms with Crippen LogP contribution in [0.2, 0.25) is 0 Å². The first-order valence-corrected chi connectivity index (χ1v) is 10.0. The van der Waals surface area contributed by atoms with Crippen molar-refractivity contribution in [3.8, 4) is 0 Å². The fourth-order valence-corrected chi connectivity index (χ4v) is 4.17. The summed E-state index contributed by atoms with van der Waals surface area (Å²) < 4.78 is 5.58. The van der Waals surface area contributed by atoms with Gasteiger partial charge < -0.3 is 15.4 Å². The van der Waals surface area contributed by atoms with E-state index in [0.29, 0.717) is 17.2 Å². The van der Waals surface area contributed by atoms with Gasteiger partial charge in [-0.05, 0) is 31.2 Å². The predicted octanol–water partition coefficient (Wildman–Crippen LogP) is 2.61. The average Bonchev–Trinajstić information content (AvgIpc) is 3.29. The second-order valence-electron chi connectivity index (χ2n) is 6.03. The summed E-state index contributed by atoms with van der Waals surface area (Å²) in [5.41, 5.74) is 0.661. The Balaban J connectivity index is 1.45. The number of nitrogens with one attached hydrogen (secondary N) is 2. The van der Waals surface area contributed by atoms with Crippen LogP contribution in [0.5, 0.6) is 0 Å². The molecule has 1 aliphatic rings. The SMILES string of the molecule is CC(NC(=O)Cc1csc(NC(=O)Cc2cccs2)n1)C1CCCO1. The summed E-state index contributed by atoms with van der Waals surface area (Å²) in [4.78, 5) is 29.4. The Labute approximate surface area is 154 Å². The van der Waals surface area contributed by atoms with E-state index >= 15 is 0 Å². The number of hydrogen-bond donors (Lipinski definition) is 2. The second kappa shape index (κ2) is 8.55. The summed E-state index contributed by atoms with van der Waals surface area (Å²) in [5.74, 6) is -0.176. The largest absolute Gasteiger partial charge is 0.376 e. The number of carbonyl (C=O) groups is 2. The van der Waals surface area contributed by atoms with Crippen molar-refractivity contribution >= 4 is 39.6 Å². The number of nitrogens with zero attached hydrogens (tertiary/aromatic N) is 1. The van der Waals surface area contributed by atoms with E-state index in [2.05, 4.69) is 15.6 Å². The van der Waals surface area contributed by atoms with Crippen LogP contribution in [-0.4, -0.2) is 35.6 Å². The summed E-state index contributed by atoms with van der Waals surface area (Å²) in [5, 5.41) is 10.0. The Kier molecular flexibility index (Phi) is 6.17. The van der Waals surface area contributed by atoms with Gasteiger partial charge in [-0.25, -0.2) is 4.98 Å². The Bertz CT molecular complexity index is 709. The van der Waals surface area contributed by atoms with Crippen molar-refractivity contribution in [2.24, 2.45) is 0 Å². The maximum Gasteiger partial charge on any atom is 0.231 e. The fraction of sp³-hybridized carbons (Fsp3) is 0.471. The predicted molar refractivity (Wildman–Crippen MR) is 99.0 cm³/mol. The smallest absolute Gasteiger partial charge is 0.231 e. The van der Waals surface area contributed by atoms with Crippen molar-refractivity contribution in [1.82, 2.24) is 10.3 Å². The van der Waals surface area contributed by atoms with E-state index in [0.717, 1.165) is 24.3 Å². The first-order valence-electron chi connectivity index (χ1n) is 8.28. The second-order valence-corrected chi connectivity index (χ2v) is 7.92. The van der Waals surface area contributed by atoms with Gasteiger partial charge in [0.2, 0.25) is 11.8 Å². The van der Waals surface area contributed by atoms with Crippen LogP contribution in [0, 0.1) is 0 Å². The van der Waals surface area contributed by atoms with Crippen LogP contribution >= 0.6 is 22.7 Å². The minimum Gasteiger partial charge on any atom is -0.376 e. The van der Waals surface area contributed by atoms with E-state index in [-0.39, 0.29) is 30.4 Å². The van der Waals surface area contributed by atoms with Crippen LogP contribution in [0.4, 0.5) is 5.13 Å². The van der Waals surface area contributed by atoms with Gasteiger partial charge in [0.25, 0.3) is 0 Å². The topological polar surface area (TPSA) is 80.3 Å². The third-order valence-electron chi connectivity index (χ3n) is 3.97. The number of ether oxygens (including phenoxy) is 1. The molecule has 1 aliphatic heterocycles. The van der Waals surface area contributed by atoms with Crippen LogP contribution in [-0.2, 0) is 27.2 Å². The molecule has 2 atom stereocenters. The van der Waals surface area contributed by atoms with Crippen LogP contribution in [0.3, 0.4) is 0 Å². The van der Waals surface area contributed by atoms with Gasteiger partial charge in [0.05, 0.1) is 30.7 Å². The standard InChI is InChI=1S/C17H21N3O3S2/c1-11(14-5-2-6-23-14)18-15(21)8-12-10-25-17(19-12)20-16(22)9-13-4-3-7-24-13/h3-4,7,10-11,14H,2,5-6,8-9H2,1H3,(H,18,21)(H,19,20,22). The Morgan fingerprint density at radius 2 is 2.24 bits per heavy atom. The molecule has 2 aromatic heterocycles. The van der Waals surface area contributed by atoms with Gasteiger partial charge in [0, 0.05) is 16.9 Å². The van der Waals surface area contributed by atoms with Gasteiger partial charge in [0.15, 0.2) is 5.13 Å². The number of carbonyl (C=O) groups excluding carboxylic acids is 2. The van der Waals surface area contributed by atoms with Gasteiger partial charge in [-0.1, -0.05) is 6.07 Å². The van der Waals surface area contributed by atoms with Crippen LogP contribution in [0.25, 0.3) is 0 Å². The normalized spacial score (nSPS) is 18.0. The molecule has 0 spiro atoms. The molecule has 0 aliphatic carbocycles. The summed E-state index contributed by atoms with van der Waals surface area (Å²) in [7, 11) is 0. The molecule has 8 heteroatoms. The van der Waals surface area contributed by atoms with E-state index in [1.54, 1.807) is 16.7 Å². The third kappa shape index (κ3) is 5.35. The van der Waals surface area contributed by atoms with Crippen molar-refractivity contribution in [1.29, 1.82) is 0 Å². The van der Waals surface area contributed by atoms with E-state index < -0.39 is 0 Å². The van der Waals surface area contributed by atoms with Gasteiger partial charge >= 0.3 is 0 Å². The molecule has 0 radical (unpaired) electrons. The highest BCUT2D eigenvalue weighted by atomic mass is 32.1. The minimum atomic E-state index is -0.0974. The highest BCUT2D eigenvalue weighted by Crippen LogP contribution is 2.18. The number of rotatable bonds is 7. The number of amides is 2. The molecule has 25 heavy (non-hydrogen) atoms. The average molecular weight is 380 g/mol. The molecular weight excluding hydrogens is 358 g/mol. The monoisotopic (exact) mass is 379 g/mol. The van der Waals surface area contributed by atoms with Crippen LogP contribution in [0.15, 0.2) is 22.9 Å². The van der Waals surface area contributed by atoms with Gasteiger partial charge in [-0.2, -0.15) is 0 Å². The zero-order valence-corrected chi connectivity index (χ0v) is 15.6. The van der Waals surface area contributed by atoms with Crippen molar-refractivity contribution in [2.75, 3.05) is 11.9 Å². The van der Waals surface area contributed by atoms with Crippen molar-refractivity contribution < 1.29 is 14.3 Å². The molecule has 0 saturated carbocycles. The highest BCUT2D eigenvalue weighted by Gasteiger charge is 2.23. The molecule has 3 rings (SSSR count). The number of thiazole rings is 1. The lowest BCUT2D eigenvalue weighted by atomic mass is 10.1. The summed E-state index contributed by atoms with van der Waals surface area (Å²) >= 11 is 2.88. The number of anilines is 1. The molecule has 2 aromatic rings. The zero-order chi connectivity index (χ0) is 17.6. The molecular formula is C17H21N3O3S2. The highest BCUT2D eigenvalue weighted by molar-refractivity contribution is 7.14. The van der Waals surface area contributed by atoms with E-state index in [4.69, 9.17) is 4.74 Å². The van der Waals surface area contributed by atoms with Crippen molar-refractivity contribution in [3.63, 3.8) is 0 Å². The molecule has 134 valence electrons. The molecule has 0 aromatic carbocycles. The quantitative estimate of drug-likeness (QED) is 0.775. The van der Waals surface area contributed by atoms with Crippen LogP contribution in [0.1, 0.15) is 30.3 Å². The van der Waals surface area contributed by atoms with E-state index in [9.17, 15) is 9.59 Å². The fourth-order valence-electron chi connectivity index (χ4n) is 2.74. The first kappa shape index (κ1) is 18.0. The summed E-state index contributed by atoms with van der Waals surface area (Å²) in [6, 6.07) is 3.85. The van der Waals surface area contributed by atoms with Gasteiger partial charge in [-0.3, -0.25) is 9.59 Å². The van der Waals surface area contributed by atoms with Crippen LogP contribution < -0.4 is 10.6 Å². The lowest BCUT2D eigenvalue weighted by molar-refractivity contribution is -0.122. The van der Waals surface area contributed by atoms with Gasteiger partial charge in [0.1, 0.15) is 0 Å². The molecule has 2 N–H and O–H groups in total. The molecule has 2 unspecified atom stereocenters. The molecule has 3 heterocycles. The molecule has 1 saturated heterocycles. The Morgan fingerprint density at radius 1 is 1.36 bits per heavy atom. The number of thiophene rings is 1. The van der Waals surface area contributed by atoms with Crippen molar-refractivity contribution in [2.45, 2.75) is 44.8 Å². The Hall–Kier alpha value is -1.77. The molecule has 1 fully saturated rings. The van der Waals surface area contributed by atoms with Crippen molar-refractivity contribution in [3.05, 3.63) is 33.5 Å². The minimum absolute atomic E-state index is 0.00129. The summed E-state index contributed by atoms with van der Waals surface area (Å²) in [6.07, 6.45) is 2.68. The maximum atomic E-state index is 12.1. The molecule has 6 nitrogen and oxygen atoms in total.